The van der Waals surface area contributed by atoms with Crippen LogP contribution in [0, 0.1) is 0 Å². The van der Waals surface area contributed by atoms with Crippen LogP contribution in [0.2, 0.25) is 0 Å². The number of halogens is 1. The average molecular weight is 267 g/mol. The lowest BCUT2D eigenvalue weighted by Gasteiger charge is -2.29. The SMILES string of the molecule is O=C1NCNN2CC(I)CC12. The summed E-state index contributed by atoms with van der Waals surface area (Å²) in [6.07, 6.45) is 0.972. The maximum atomic E-state index is 11.2. The fourth-order valence-corrected chi connectivity index (χ4v) is 2.46. The number of carbonyl (C=O) groups excluding carboxylic acids is 1. The molecule has 0 aliphatic carbocycles. The average Bonchev–Trinajstić information content (AvgIpc) is 2.31. The summed E-state index contributed by atoms with van der Waals surface area (Å²) < 4.78 is 0.606. The number of rotatable bonds is 0. The van der Waals surface area contributed by atoms with Crippen LogP contribution < -0.4 is 10.7 Å². The molecule has 0 aromatic heterocycles. The number of fused-ring (bicyclic) bond motifs is 1. The minimum atomic E-state index is 0.0747. The molecule has 2 fully saturated rings. The zero-order valence-corrected chi connectivity index (χ0v) is 8.17. The van der Waals surface area contributed by atoms with E-state index in [9.17, 15) is 4.79 Å². The molecule has 5 heteroatoms. The van der Waals surface area contributed by atoms with Gasteiger partial charge < -0.3 is 5.32 Å². The molecule has 0 aromatic carbocycles. The van der Waals surface area contributed by atoms with E-state index in [0.717, 1.165) is 13.0 Å². The zero-order valence-electron chi connectivity index (χ0n) is 6.01. The van der Waals surface area contributed by atoms with Crippen LogP contribution in [0.3, 0.4) is 0 Å². The minimum Gasteiger partial charge on any atom is -0.341 e. The molecule has 11 heavy (non-hydrogen) atoms. The van der Waals surface area contributed by atoms with Crippen LogP contribution in [0.1, 0.15) is 6.42 Å². The van der Waals surface area contributed by atoms with Gasteiger partial charge in [0.15, 0.2) is 0 Å². The summed E-state index contributed by atoms with van der Waals surface area (Å²) >= 11 is 2.39. The van der Waals surface area contributed by atoms with Gasteiger partial charge in [-0.25, -0.2) is 10.4 Å². The third-order valence-corrected chi connectivity index (χ3v) is 3.00. The molecule has 2 saturated heterocycles. The van der Waals surface area contributed by atoms with Crippen molar-refractivity contribution in [3.8, 4) is 0 Å². The molecule has 2 unspecified atom stereocenters. The van der Waals surface area contributed by atoms with Crippen LogP contribution in [-0.2, 0) is 4.79 Å². The number of alkyl halides is 1. The zero-order chi connectivity index (χ0) is 7.84. The van der Waals surface area contributed by atoms with Crippen molar-refractivity contribution in [1.82, 2.24) is 15.8 Å². The van der Waals surface area contributed by atoms with Crippen molar-refractivity contribution >= 4 is 28.5 Å². The summed E-state index contributed by atoms with van der Waals surface area (Å²) in [4.78, 5) is 11.2. The first kappa shape index (κ1) is 7.75. The Morgan fingerprint density at radius 2 is 2.45 bits per heavy atom. The van der Waals surface area contributed by atoms with E-state index in [1.165, 1.54) is 0 Å². The lowest BCUT2D eigenvalue weighted by molar-refractivity contribution is -0.130. The first-order chi connectivity index (χ1) is 5.27. The number of nitrogens with one attached hydrogen (secondary N) is 2. The summed E-state index contributed by atoms with van der Waals surface area (Å²) in [7, 11) is 0. The van der Waals surface area contributed by atoms with Gasteiger partial charge in [-0.3, -0.25) is 4.79 Å². The maximum Gasteiger partial charge on any atom is 0.239 e. The van der Waals surface area contributed by atoms with Crippen molar-refractivity contribution in [2.75, 3.05) is 13.2 Å². The smallest absolute Gasteiger partial charge is 0.239 e. The van der Waals surface area contributed by atoms with Crippen molar-refractivity contribution in [3.05, 3.63) is 0 Å². The van der Waals surface area contributed by atoms with Crippen molar-refractivity contribution in [1.29, 1.82) is 0 Å². The second-order valence-corrected chi connectivity index (χ2v) is 4.64. The van der Waals surface area contributed by atoms with Gasteiger partial charge >= 0.3 is 0 Å². The molecular weight excluding hydrogens is 257 g/mol. The van der Waals surface area contributed by atoms with E-state index in [4.69, 9.17) is 0 Å². The van der Waals surface area contributed by atoms with Gasteiger partial charge in [0.1, 0.15) is 6.04 Å². The second kappa shape index (κ2) is 2.87. The van der Waals surface area contributed by atoms with Crippen molar-refractivity contribution in [2.45, 2.75) is 16.4 Å². The Labute approximate surface area is 78.8 Å². The number of nitrogens with zero attached hydrogens (tertiary/aromatic N) is 1. The predicted octanol–water partition coefficient (Wildman–Crippen LogP) is -0.544. The number of amides is 1. The van der Waals surface area contributed by atoms with Crippen molar-refractivity contribution in [2.24, 2.45) is 0 Å². The number of hydrogen-bond donors (Lipinski definition) is 2. The Kier molecular flexibility index (Phi) is 2.02. The Hall–Kier alpha value is 0.120. The normalized spacial score (nSPS) is 38.5. The van der Waals surface area contributed by atoms with Gasteiger partial charge in [0.25, 0.3) is 0 Å². The van der Waals surface area contributed by atoms with Crippen LogP contribution in [0.15, 0.2) is 0 Å². The molecular formula is C6H10IN3O. The molecule has 1 amide bonds. The molecule has 2 rings (SSSR count). The molecule has 2 aliphatic rings. The number of hydrogen-bond acceptors (Lipinski definition) is 3. The van der Waals surface area contributed by atoms with Crippen LogP contribution in [0.5, 0.6) is 0 Å². The van der Waals surface area contributed by atoms with E-state index >= 15 is 0 Å². The van der Waals surface area contributed by atoms with Gasteiger partial charge in [-0.1, -0.05) is 22.6 Å². The quantitative estimate of drug-likeness (QED) is 0.457. The third-order valence-electron chi connectivity index (χ3n) is 2.10. The van der Waals surface area contributed by atoms with E-state index in [1.807, 2.05) is 5.01 Å². The van der Waals surface area contributed by atoms with Gasteiger partial charge in [-0.2, -0.15) is 0 Å². The summed E-state index contributed by atoms with van der Waals surface area (Å²) in [5.74, 6) is 0.169. The first-order valence-corrected chi connectivity index (χ1v) is 4.94. The topological polar surface area (TPSA) is 44.4 Å². The molecule has 0 spiro atoms. The molecule has 2 N–H and O–H groups in total. The highest BCUT2D eigenvalue weighted by Crippen LogP contribution is 2.23. The molecule has 2 aliphatic heterocycles. The highest BCUT2D eigenvalue weighted by molar-refractivity contribution is 14.1. The first-order valence-electron chi connectivity index (χ1n) is 3.69. The summed E-state index contributed by atoms with van der Waals surface area (Å²) in [6, 6.07) is 0.0747. The molecule has 0 aromatic rings. The van der Waals surface area contributed by atoms with Gasteiger partial charge in [-0.05, 0) is 6.42 Å². The molecule has 2 heterocycles. The van der Waals surface area contributed by atoms with Crippen LogP contribution in [0.4, 0.5) is 0 Å². The second-order valence-electron chi connectivity index (χ2n) is 2.88. The highest BCUT2D eigenvalue weighted by Gasteiger charge is 2.37. The molecule has 2 atom stereocenters. The van der Waals surface area contributed by atoms with Crippen molar-refractivity contribution < 1.29 is 4.79 Å². The van der Waals surface area contributed by atoms with Gasteiger partial charge in [0, 0.05) is 10.5 Å². The number of carbonyl (C=O) groups is 1. The highest BCUT2D eigenvalue weighted by atomic mass is 127. The minimum absolute atomic E-state index is 0.0747. The standard InChI is InChI=1S/C6H10IN3O/c7-4-1-5-6(11)8-3-9-10(5)2-4/h4-5,9H,1-3H2,(H,8,11). The van der Waals surface area contributed by atoms with E-state index in [1.54, 1.807) is 0 Å². The van der Waals surface area contributed by atoms with E-state index in [0.29, 0.717) is 10.6 Å². The van der Waals surface area contributed by atoms with Crippen LogP contribution in [0.25, 0.3) is 0 Å². The largest absolute Gasteiger partial charge is 0.341 e. The lowest BCUT2D eigenvalue weighted by atomic mass is 10.2. The Balaban J connectivity index is 2.09. The third kappa shape index (κ3) is 1.36. The monoisotopic (exact) mass is 267 g/mol. The Morgan fingerprint density at radius 1 is 1.64 bits per heavy atom. The Morgan fingerprint density at radius 3 is 3.18 bits per heavy atom. The summed E-state index contributed by atoms with van der Waals surface area (Å²) in [5.41, 5.74) is 3.14. The fourth-order valence-electron chi connectivity index (χ4n) is 1.55. The lowest BCUT2D eigenvalue weighted by Crippen LogP contribution is -2.58. The van der Waals surface area contributed by atoms with Gasteiger partial charge in [-0.15, -0.1) is 0 Å². The fraction of sp³-hybridized carbons (Fsp3) is 0.833. The van der Waals surface area contributed by atoms with E-state index in [-0.39, 0.29) is 11.9 Å². The number of hydrazine groups is 1. The van der Waals surface area contributed by atoms with Crippen molar-refractivity contribution in [3.63, 3.8) is 0 Å². The predicted molar refractivity (Wildman–Crippen MR) is 49.1 cm³/mol. The van der Waals surface area contributed by atoms with Gasteiger partial charge in [0.05, 0.1) is 6.67 Å². The molecule has 0 bridgehead atoms. The van der Waals surface area contributed by atoms with Crippen LogP contribution >= 0.6 is 22.6 Å². The molecule has 0 radical (unpaired) electrons. The van der Waals surface area contributed by atoms with Gasteiger partial charge in [0.2, 0.25) is 5.91 Å². The van der Waals surface area contributed by atoms with Crippen LogP contribution in [-0.4, -0.2) is 34.1 Å². The maximum absolute atomic E-state index is 11.2. The molecule has 0 saturated carbocycles. The summed E-state index contributed by atoms with van der Waals surface area (Å²) in [6.45, 7) is 1.57. The molecule has 62 valence electrons. The summed E-state index contributed by atoms with van der Waals surface area (Å²) in [5, 5.41) is 4.82. The van der Waals surface area contributed by atoms with E-state index < -0.39 is 0 Å². The molecule has 4 nitrogen and oxygen atoms in total. The van der Waals surface area contributed by atoms with E-state index in [2.05, 4.69) is 33.3 Å². The Bertz CT molecular complexity index is 187.